The molecule has 5 nitrogen and oxygen atoms in total. The van der Waals surface area contributed by atoms with E-state index in [0.717, 1.165) is 5.56 Å². The molecule has 1 N–H and O–H groups in total. The SMILES string of the molecule is COc1ccc(C(=O)CC2OCc3cnc(C)c(O)c32)cc1. The molecular formula is C17H17NO4. The number of carbonyl (C=O) groups is 1. The molecule has 1 aliphatic heterocycles. The lowest BCUT2D eigenvalue weighted by Crippen LogP contribution is -2.07. The molecule has 0 saturated heterocycles. The Balaban J connectivity index is 1.80. The Kier molecular flexibility index (Phi) is 3.81. The number of fused-ring (bicyclic) bond motifs is 1. The summed E-state index contributed by atoms with van der Waals surface area (Å²) in [6, 6.07) is 6.97. The summed E-state index contributed by atoms with van der Waals surface area (Å²) in [7, 11) is 1.58. The zero-order chi connectivity index (χ0) is 15.7. The number of ether oxygens (including phenoxy) is 2. The number of pyridine rings is 1. The highest BCUT2D eigenvalue weighted by Gasteiger charge is 2.30. The van der Waals surface area contributed by atoms with E-state index in [1.54, 1.807) is 44.5 Å². The van der Waals surface area contributed by atoms with E-state index >= 15 is 0 Å². The van der Waals surface area contributed by atoms with E-state index in [0.29, 0.717) is 29.2 Å². The summed E-state index contributed by atoms with van der Waals surface area (Å²) < 4.78 is 10.7. The van der Waals surface area contributed by atoms with Crippen LogP contribution < -0.4 is 4.74 Å². The smallest absolute Gasteiger partial charge is 0.165 e. The maximum absolute atomic E-state index is 12.4. The molecule has 2 aromatic rings. The molecule has 1 aromatic carbocycles. The standard InChI is InChI=1S/C17H17NO4/c1-10-17(20)16-12(8-18-10)9-22-15(16)7-14(19)11-3-5-13(21-2)6-4-11/h3-6,8,15,20H,7,9H2,1-2H3. The number of methoxy groups -OCH3 is 1. The van der Waals surface area contributed by atoms with E-state index in [-0.39, 0.29) is 18.0 Å². The summed E-state index contributed by atoms with van der Waals surface area (Å²) >= 11 is 0. The van der Waals surface area contributed by atoms with Crippen molar-refractivity contribution in [2.75, 3.05) is 7.11 Å². The lowest BCUT2D eigenvalue weighted by molar-refractivity contribution is 0.0529. The number of aromatic hydroxyl groups is 1. The number of carbonyl (C=O) groups excluding carboxylic acids is 1. The van der Waals surface area contributed by atoms with Crippen molar-refractivity contribution in [2.24, 2.45) is 0 Å². The average molecular weight is 299 g/mol. The first-order valence-corrected chi connectivity index (χ1v) is 7.06. The quantitative estimate of drug-likeness (QED) is 0.879. The second kappa shape index (κ2) is 5.77. The van der Waals surface area contributed by atoms with Crippen LogP contribution in [0.1, 0.15) is 39.7 Å². The molecule has 0 saturated carbocycles. The van der Waals surface area contributed by atoms with E-state index in [1.807, 2.05) is 0 Å². The van der Waals surface area contributed by atoms with Crippen molar-refractivity contribution in [2.45, 2.75) is 26.1 Å². The molecule has 0 fully saturated rings. The molecule has 0 aliphatic carbocycles. The topological polar surface area (TPSA) is 68.7 Å². The van der Waals surface area contributed by atoms with Gasteiger partial charge in [0.1, 0.15) is 11.5 Å². The Morgan fingerprint density at radius 1 is 1.41 bits per heavy atom. The van der Waals surface area contributed by atoms with Crippen molar-refractivity contribution in [1.82, 2.24) is 4.98 Å². The van der Waals surface area contributed by atoms with E-state index in [4.69, 9.17) is 9.47 Å². The Morgan fingerprint density at radius 2 is 2.14 bits per heavy atom. The van der Waals surface area contributed by atoms with Crippen LogP contribution in [0.3, 0.4) is 0 Å². The third-order valence-electron chi connectivity index (χ3n) is 3.90. The van der Waals surface area contributed by atoms with Gasteiger partial charge in [0.2, 0.25) is 0 Å². The normalized spacial score (nSPS) is 16.4. The number of Topliss-reactive ketones (excluding diaryl/α,β-unsaturated/α-hetero) is 1. The highest BCUT2D eigenvalue weighted by molar-refractivity contribution is 5.96. The van der Waals surface area contributed by atoms with Gasteiger partial charge in [0.05, 0.1) is 25.5 Å². The number of ketones is 1. The summed E-state index contributed by atoms with van der Waals surface area (Å²) in [5.41, 5.74) is 2.68. The summed E-state index contributed by atoms with van der Waals surface area (Å²) in [6.07, 6.45) is 1.46. The first-order valence-electron chi connectivity index (χ1n) is 7.06. The fourth-order valence-corrected chi connectivity index (χ4v) is 2.62. The molecule has 3 rings (SSSR count). The Bertz CT molecular complexity index is 709. The molecule has 5 heteroatoms. The largest absolute Gasteiger partial charge is 0.506 e. The van der Waals surface area contributed by atoms with Crippen LogP contribution in [0.2, 0.25) is 0 Å². The van der Waals surface area contributed by atoms with Gasteiger partial charge in [0, 0.05) is 29.3 Å². The van der Waals surface area contributed by atoms with Gasteiger partial charge < -0.3 is 14.6 Å². The van der Waals surface area contributed by atoms with Crippen LogP contribution in [-0.2, 0) is 11.3 Å². The van der Waals surface area contributed by atoms with Gasteiger partial charge in [-0.05, 0) is 31.2 Å². The molecule has 1 aliphatic rings. The minimum Gasteiger partial charge on any atom is -0.506 e. The molecule has 1 aromatic heterocycles. The Labute approximate surface area is 128 Å². The second-order valence-corrected chi connectivity index (χ2v) is 5.29. The van der Waals surface area contributed by atoms with E-state index < -0.39 is 6.10 Å². The van der Waals surface area contributed by atoms with Crippen molar-refractivity contribution in [3.63, 3.8) is 0 Å². The predicted octanol–water partition coefficient (Wildman–Crippen LogP) is 2.95. The van der Waals surface area contributed by atoms with Gasteiger partial charge in [-0.3, -0.25) is 9.78 Å². The lowest BCUT2D eigenvalue weighted by Gasteiger charge is -2.12. The van der Waals surface area contributed by atoms with Gasteiger partial charge in [-0.25, -0.2) is 0 Å². The van der Waals surface area contributed by atoms with Gasteiger partial charge in [0.15, 0.2) is 5.78 Å². The number of aromatic nitrogens is 1. The van der Waals surface area contributed by atoms with Crippen LogP contribution in [0.4, 0.5) is 0 Å². The monoisotopic (exact) mass is 299 g/mol. The van der Waals surface area contributed by atoms with Crippen molar-refractivity contribution in [3.05, 3.63) is 52.8 Å². The van der Waals surface area contributed by atoms with Crippen molar-refractivity contribution in [3.8, 4) is 11.5 Å². The number of hydrogen-bond acceptors (Lipinski definition) is 5. The highest BCUT2D eigenvalue weighted by atomic mass is 16.5. The highest BCUT2D eigenvalue weighted by Crippen LogP contribution is 2.40. The third kappa shape index (κ3) is 2.55. The summed E-state index contributed by atoms with van der Waals surface area (Å²) in [5.74, 6) is 0.801. The van der Waals surface area contributed by atoms with Crippen LogP contribution in [0.15, 0.2) is 30.5 Å². The van der Waals surface area contributed by atoms with Crippen LogP contribution >= 0.6 is 0 Å². The Hall–Kier alpha value is -2.40. The molecule has 2 heterocycles. The minimum absolute atomic E-state index is 0.0330. The molecule has 1 unspecified atom stereocenters. The van der Waals surface area contributed by atoms with E-state index in [9.17, 15) is 9.90 Å². The molecular weight excluding hydrogens is 282 g/mol. The zero-order valence-corrected chi connectivity index (χ0v) is 12.5. The van der Waals surface area contributed by atoms with E-state index in [1.165, 1.54) is 0 Å². The first kappa shape index (κ1) is 14.5. The fraction of sp³-hybridized carbons (Fsp3) is 0.294. The maximum Gasteiger partial charge on any atom is 0.165 e. The molecule has 0 amide bonds. The zero-order valence-electron chi connectivity index (χ0n) is 12.5. The summed E-state index contributed by atoms with van der Waals surface area (Å²) in [4.78, 5) is 16.5. The van der Waals surface area contributed by atoms with Gasteiger partial charge in [0.25, 0.3) is 0 Å². The van der Waals surface area contributed by atoms with Gasteiger partial charge in [-0.1, -0.05) is 0 Å². The minimum atomic E-state index is -0.425. The van der Waals surface area contributed by atoms with Crippen LogP contribution in [-0.4, -0.2) is 23.0 Å². The molecule has 22 heavy (non-hydrogen) atoms. The first-order chi connectivity index (χ1) is 10.6. The van der Waals surface area contributed by atoms with Crippen molar-refractivity contribution >= 4 is 5.78 Å². The van der Waals surface area contributed by atoms with Crippen molar-refractivity contribution in [1.29, 1.82) is 0 Å². The van der Waals surface area contributed by atoms with Gasteiger partial charge >= 0.3 is 0 Å². The molecule has 1 atom stereocenters. The molecule has 114 valence electrons. The summed E-state index contributed by atoms with van der Waals surface area (Å²) in [6.45, 7) is 2.10. The number of aryl methyl sites for hydroxylation is 1. The van der Waals surface area contributed by atoms with E-state index in [2.05, 4.69) is 4.98 Å². The van der Waals surface area contributed by atoms with Gasteiger partial charge in [-0.15, -0.1) is 0 Å². The fourth-order valence-electron chi connectivity index (χ4n) is 2.62. The lowest BCUT2D eigenvalue weighted by atomic mass is 9.98. The average Bonchev–Trinajstić information content (AvgIpc) is 2.94. The Morgan fingerprint density at radius 3 is 2.82 bits per heavy atom. The number of rotatable bonds is 4. The number of hydrogen-bond donors (Lipinski definition) is 1. The van der Waals surface area contributed by atoms with Crippen LogP contribution in [0.25, 0.3) is 0 Å². The number of nitrogens with zero attached hydrogens (tertiary/aromatic N) is 1. The second-order valence-electron chi connectivity index (χ2n) is 5.29. The van der Waals surface area contributed by atoms with Gasteiger partial charge in [-0.2, -0.15) is 0 Å². The van der Waals surface area contributed by atoms with Crippen LogP contribution in [0.5, 0.6) is 11.5 Å². The van der Waals surface area contributed by atoms with Crippen LogP contribution in [0, 0.1) is 6.92 Å². The maximum atomic E-state index is 12.4. The number of benzene rings is 1. The summed E-state index contributed by atoms with van der Waals surface area (Å²) in [5, 5.41) is 10.2. The molecule has 0 spiro atoms. The third-order valence-corrected chi connectivity index (χ3v) is 3.90. The molecule has 0 radical (unpaired) electrons. The molecule has 0 bridgehead atoms. The predicted molar refractivity (Wildman–Crippen MR) is 80.1 cm³/mol. The van der Waals surface area contributed by atoms with Crippen molar-refractivity contribution < 1.29 is 19.4 Å².